The largest absolute Gasteiger partial charge is 0.496 e. The van der Waals surface area contributed by atoms with E-state index in [1.807, 2.05) is 25.1 Å². The summed E-state index contributed by atoms with van der Waals surface area (Å²) >= 11 is 3.47. The molecule has 0 saturated carbocycles. The Morgan fingerprint density at radius 3 is 2.57 bits per heavy atom. The lowest BCUT2D eigenvalue weighted by Gasteiger charge is -2.17. The highest BCUT2D eigenvalue weighted by Gasteiger charge is 2.19. The molecule has 0 aliphatic rings. The molecule has 0 atom stereocenters. The lowest BCUT2D eigenvalue weighted by atomic mass is 9.96. The third-order valence-corrected chi connectivity index (χ3v) is 7.48. The first kappa shape index (κ1) is 30.6. The zero-order valence-electron chi connectivity index (χ0n) is 24.6. The summed E-state index contributed by atoms with van der Waals surface area (Å²) in [6.07, 6.45) is 1.48. The van der Waals surface area contributed by atoms with E-state index in [4.69, 9.17) is 14.5 Å². The second-order valence-electron chi connectivity index (χ2n) is 10.4. The van der Waals surface area contributed by atoms with Crippen LogP contribution in [0.4, 0.5) is 10.1 Å². The van der Waals surface area contributed by atoms with E-state index in [-0.39, 0.29) is 23.8 Å². The van der Waals surface area contributed by atoms with Crippen LogP contribution in [-0.2, 0) is 4.79 Å². The number of hydrogen-bond donors (Lipinski definition) is 1. The van der Waals surface area contributed by atoms with Crippen molar-refractivity contribution in [1.29, 1.82) is 0 Å². The Hall–Kier alpha value is -4.83. The zero-order chi connectivity index (χ0) is 31.4. The number of amides is 1. The summed E-state index contributed by atoms with van der Waals surface area (Å²) in [5.41, 5.74) is 3.34. The predicted molar refractivity (Wildman–Crippen MR) is 174 cm³/mol. The maximum Gasteiger partial charge on any atom is 0.282 e. The SMILES string of the molecule is COc1cc(C)c(-c2nc3ccccc3c(=O)n2N=Cc2cc(Br)ccc2OCC(=O)Nc2ccccc2F)cc1C(C)C. The molecule has 1 N–H and O–H groups in total. The van der Waals surface area contributed by atoms with E-state index in [0.29, 0.717) is 28.0 Å². The topological polar surface area (TPSA) is 94.8 Å². The first-order valence-electron chi connectivity index (χ1n) is 13.9. The minimum atomic E-state index is -0.546. The van der Waals surface area contributed by atoms with Gasteiger partial charge in [0, 0.05) is 15.6 Å². The highest BCUT2D eigenvalue weighted by atomic mass is 79.9. The van der Waals surface area contributed by atoms with Crippen LogP contribution >= 0.6 is 15.9 Å². The van der Waals surface area contributed by atoms with Gasteiger partial charge in [-0.1, -0.05) is 54.0 Å². The Balaban J connectivity index is 1.55. The zero-order valence-corrected chi connectivity index (χ0v) is 26.2. The van der Waals surface area contributed by atoms with Gasteiger partial charge in [0.15, 0.2) is 12.4 Å². The van der Waals surface area contributed by atoms with Crippen molar-refractivity contribution < 1.29 is 18.7 Å². The molecular weight excluding hydrogens is 627 g/mol. The van der Waals surface area contributed by atoms with Crippen LogP contribution in [0.3, 0.4) is 0 Å². The fourth-order valence-electron chi connectivity index (χ4n) is 4.74. The summed E-state index contributed by atoms with van der Waals surface area (Å²) in [5, 5.41) is 7.52. The van der Waals surface area contributed by atoms with E-state index in [0.717, 1.165) is 26.9 Å². The highest BCUT2D eigenvalue weighted by Crippen LogP contribution is 2.34. The number of rotatable bonds is 9. The number of fused-ring (bicyclic) bond motifs is 1. The average molecular weight is 658 g/mol. The molecule has 5 rings (SSSR count). The molecule has 44 heavy (non-hydrogen) atoms. The maximum absolute atomic E-state index is 14.0. The molecule has 5 aromatic rings. The van der Waals surface area contributed by atoms with E-state index >= 15 is 0 Å². The predicted octanol–water partition coefficient (Wildman–Crippen LogP) is 7.31. The van der Waals surface area contributed by atoms with Crippen molar-refractivity contribution in [2.75, 3.05) is 19.0 Å². The monoisotopic (exact) mass is 656 g/mol. The number of halogens is 2. The van der Waals surface area contributed by atoms with Crippen molar-refractivity contribution in [3.05, 3.63) is 116 Å². The van der Waals surface area contributed by atoms with Crippen molar-refractivity contribution in [2.45, 2.75) is 26.7 Å². The first-order chi connectivity index (χ1) is 21.2. The lowest BCUT2D eigenvalue weighted by Crippen LogP contribution is -2.21. The number of ether oxygens (including phenoxy) is 2. The van der Waals surface area contributed by atoms with Crippen LogP contribution < -0.4 is 20.3 Å². The Bertz CT molecular complexity index is 1950. The molecule has 0 bridgehead atoms. The van der Waals surface area contributed by atoms with Gasteiger partial charge in [0.25, 0.3) is 11.5 Å². The molecule has 0 radical (unpaired) electrons. The molecule has 224 valence electrons. The summed E-state index contributed by atoms with van der Waals surface area (Å²) in [5.74, 6) is 0.546. The average Bonchev–Trinajstić information content (AvgIpc) is 3.01. The van der Waals surface area contributed by atoms with Crippen LogP contribution in [0.25, 0.3) is 22.3 Å². The highest BCUT2D eigenvalue weighted by molar-refractivity contribution is 9.10. The molecule has 0 spiro atoms. The fraction of sp³-hybridized carbons (Fsp3) is 0.176. The molecule has 0 unspecified atom stereocenters. The van der Waals surface area contributed by atoms with Gasteiger partial charge in [-0.3, -0.25) is 9.59 Å². The van der Waals surface area contributed by atoms with Crippen LogP contribution in [-0.4, -0.2) is 35.5 Å². The second kappa shape index (κ2) is 13.2. The number of carbonyl (C=O) groups is 1. The minimum absolute atomic E-state index is 0.0591. The lowest BCUT2D eigenvalue weighted by molar-refractivity contribution is -0.118. The van der Waals surface area contributed by atoms with Gasteiger partial charge in [-0.2, -0.15) is 9.78 Å². The third-order valence-electron chi connectivity index (χ3n) is 6.98. The van der Waals surface area contributed by atoms with Gasteiger partial charge in [-0.15, -0.1) is 0 Å². The number of carbonyl (C=O) groups excluding carboxylic acids is 1. The van der Waals surface area contributed by atoms with Crippen molar-refractivity contribution in [2.24, 2.45) is 5.10 Å². The minimum Gasteiger partial charge on any atom is -0.496 e. The number of benzene rings is 4. The second-order valence-corrected chi connectivity index (χ2v) is 11.3. The molecule has 0 aliphatic heterocycles. The molecule has 8 nitrogen and oxygen atoms in total. The van der Waals surface area contributed by atoms with E-state index in [1.165, 1.54) is 29.1 Å². The van der Waals surface area contributed by atoms with Crippen molar-refractivity contribution in [3.63, 3.8) is 0 Å². The Kier molecular flexibility index (Phi) is 9.20. The Morgan fingerprint density at radius 1 is 1.07 bits per heavy atom. The number of nitrogens with zero attached hydrogens (tertiary/aromatic N) is 3. The van der Waals surface area contributed by atoms with Gasteiger partial charge in [-0.25, -0.2) is 9.37 Å². The van der Waals surface area contributed by atoms with Crippen LogP contribution in [0.5, 0.6) is 11.5 Å². The summed E-state index contributed by atoms with van der Waals surface area (Å²) in [6.45, 7) is 5.70. The Morgan fingerprint density at radius 2 is 1.82 bits per heavy atom. The van der Waals surface area contributed by atoms with Crippen LogP contribution in [0.2, 0.25) is 0 Å². The fourth-order valence-corrected chi connectivity index (χ4v) is 5.11. The van der Waals surface area contributed by atoms with Gasteiger partial charge in [0.1, 0.15) is 17.3 Å². The number of nitrogens with one attached hydrogen (secondary N) is 1. The molecule has 1 heterocycles. The molecule has 0 fully saturated rings. The number of hydrogen-bond acceptors (Lipinski definition) is 6. The van der Waals surface area contributed by atoms with Gasteiger partial charge in [-0.05, 0) is 78.6 Å². The number of methoxy groups -OCH3 is 1. The normalized spacial score (nSPS) is 11.3. The molecule has 4 aromatic carbocycles. The number of aryl methyl sites for hydroxylation is 1. The summed E-state index contributed by atoms with van der Waals surface area (Å²) in [6, 6.07) is 22.1. The standard InChI is InChI=1S/C34H30BrFN4O4/c1-20(2)25-17-26(21(3)15-31(25)43-4)33-39-28-11-7-5-9-24(28)34(42)40(33)37-18-22-16-23(35)13-14-30(22)44-19-32(41)38-29-12-8-6-10-27(29)36/h5-18,20H,19H2,1-4H3,(H,38,41). The van der Waals surface area contributed by atoms with Crippen LogP contribution in [0, 0.1) is 12.7 Å². The van der Waals surface area contributed by atoms with E-state index in [9.17, 15) is 14.0 Å². The molecule has 1 aromatic heterocycles. The molecule has 10 heteroatoms. The van der Waals surface area contributed by atoms with Gasteiger partial charge >= 0.3 is 0 Å². The number of anilines is 1. The van der Waals surface area contributed by atoms with Crippen LogP contribution in [0.1, 0.15) is 36.5 Å². The van der Waals surface area contributed by atoms with Gasteiger partial charge in [0.2, 0.25) is 0 Å². The summed E-state index contributed by atoms with van der Waals surface area (Å²) < 4.78 is 27.4. The molecular formula is C34H30BrFN4O4. The van der Waals surface area contributed by atoms with Crippen LogP contribution in [0.15, 0.2) is 93.2 Å². The number of aromatic nitrogens is 2. The number of para-hydroxylation sites is 2. The van der Waals surface area contributed by atoms with E-state index in [2.05, 4.69) is 40.2 Å². The Labute approximate surface area is 262 Å². The van der Waals surface area contributed by atoms with Gasteiger partial charge < -0.3 is 14.8 Å². The van der Waals surface area contributed by atoms with E-state index < -0.39 is 11.7 Å². The third kappa shape index (κ3) is 6.55. The molecule has 1 amide bonds. The van der Waals surface area contributed by atoms with Crippen molar-refractivity contribution >= 4 is 44.6 Å². The summed E-state index contributed by atoms with van der Waals surface area (Å²) in [7, 11) is 1.63. The van der Waals surface area contributed by atoms with Crippen molar-refractivity contribution in [1.82, 2.24) is 9.66 Å². The first-order valence-corrected chi connectivity index (χ1v) is 14.7. The van der Waals surface area contributed by atoms with E-state index in [1.54, 1.807) is 49.6 Å². The smallest absolute Gasteiger partial charge is 0.282 e. The summed E-state index contributed by atoms with van der Waals surface area (Å²) in [4.78, 5) is 31.2. The molecule has 0 aliphatic carbocycles. The maximum atomic E-state index is 14.0. The van der Waals surface area contributed by atoms with Crippen molar-refractivity contribution in [3.8, 4) is 22.9 Å². The molecule has 0 saturated heterocycles. The quantitative estimate of drug-likeness (QED) is 0.168. The van der Waals surface area contributed by atoms with Gasteiger partial charge in [0.05, 0.1) is 29.9 Å².